The number of unbranched alkanes of at least 4 members (excludes halogenated alkanes) is 4. The molecular formula is C28H33NO4. The van der Waals surface area contributed by atoms with Gasteiger partial charge in [-0.1, -0.05) is 50.8 Å². The van der Waals surface area contributed by atoms with Crippen molar-refractivity contribution >= 4 is 11.6 Å². The minimum Gasteiger partial charge on any atom is -0.494 e. The van der Waals surface area contributed by atoms with Crippen molar-refractivity contribution in [1.82, 2.24) is 0 Å². The van der Waals surface area contributed by atoms with Crippen molar-refractivity contribution in [3.05, 3.63) is 84.4 Å². The van der Waals surface area contributed by atoms with E-state index in [9.17, 15) is 4.79 Å². The van der Waals surface area contributed by atoms with Gasteiger partial charge in [0.1, 0.15) is 30.5 Å². The van der Waals surface area contributed by atoms with Crippen LogP contribution in [0.2, 0.25) is 0 Å². The summed E-state index contributed by atoms with van der Waals surface area (Å²) in [4.78, 5) is 12.5. The van der Waals surface area contributed by atoms with Crippen LogP contribution in [0.3, 0.4) is 0 Å². The molecule has 3 aromatic carbocycles. The molecule has 3 aromatic rings. The van der Waals surface area contributed by atoms with Crippen molar-refractivity contribution in [2.24, 2.45) is 0 Å². The number of nitrogens with one attached hydrogen (secondary N) is 1. The molecule has 0 bridgehead atoms. The number of benzene rings is 3. The Bertz CT molecular complexity index is 940. The first-order valence-electron chi connectivity index (χ1n) is 11.7. The van der Waals surface area contributed by atoms with Crippen molar-refractivity contribution < 1.29 is 19.0 Å². The summed E-state index contributed by atoms with van der Waals surface area (Å²) in [7, 11) is 0. The molecule has 1 N–H and O–H groups in total. The van der Waals surface area contributed by atoms with Gasteiger partial charge in [-0.05, 0) is 67.1 Å². The van der Waals surface area contributed by atoms with E-state index in [1.807, 2.05) is 66.7 Å². The van der Waals surface area contributed by atoms with Gasteiger partial charge in [0.2, 0.25) is 0 Å². The van der Waals surface area contributed by atoms with Gasteiger partial charge < -0.3 is 19.5 Å². The lowest BCUT2D eigenvalue weighted by molar-refractivity contribution is 0.102. The third kappa shape index (κ3) is 8.89. The molecule has 5 heteroatoms. The maximum atomic E-state index is 12.5. The van der Waals surface area contributed by atoms with Crippen LogP contribution in [0.4, 0.5) is 5.69 Å². The van der Waals surface area contributed by atoms with Crippen LogP contribution in [0, 0.1) is 0 Å². The Morgan fingerprint density at radius 1 is 0.636 bits per heavy atom. The van der Waals surface area contributed by atoms with E-state index in [0.717, 1.165) is 23.7 Å². The molecule has 3 rings (SSSR count). The summed E-state index contributed by atoms with van der Waals surface area (Å²) in [6.45, 7) is 3.82. The molecule has 0 spiro atoms. The van der Waals surface area contributed by atoms with E-state index >= 15 is 0 Å². The lowest BCUT2D eigenvalue weighted by Crippen LogP contribution is -2.12. The fourth-order valence-corrected chi connectivity index (χ4v) is 3.27. The standard InChI is InChI=1S/C28H33NO4/c1-2-3-4-5-9-20-31-26-16-12-23(13-17-26)28(30)29-24-14-18-27(19-15-24)33-22-21-32-25-10-7-6-8-11-25/h6-8,10-19H,2-5,9,20-22H2,1H3,(H,29,30). The maximum Gasteiger partial charge on any atom is 0.255 e. The van der Waals surface area contributed by atoms with Gasteiger partial charge >= 0.3 is 0 Å². The average Bonchev–Trinajstić information content (AvgIpc) is 2.86. The largest absolute Gasteiger partial charge is 0.494 e. The Morgan fingerprint density at radius 2 is 1.18 bits per heavy atom. The predicted octanol–water partition coefficient (Wildman–Crippen LogP) is 6.75. The summed E-state index contributed by atoms with van der Waals surface area (Å²) in [5, 5.41) is 2.91. The zero-order valence-corrected chi connectivity index (χ0v) is 19.3. The molecule has 0 radical (unpaired) electrons. The molecule has 174 valence electrons. The predicted molar refractivity (Wildman–Crippen MR) is 133 cm³/mol. The van der Waals surface area contributed by atoms with Crippen LogP contribution >= 0.6 is 0 Å². The Labute approximate surface area is 196 Å². The first kappa shape index (κ1) is 24.2. The Hall–Kier alpha value is -3.47. The molecule has 0 fully saturated rings. The van der Waals surface area contributed by atoms with Crippen LogP contribution < -0.4 is 19.5 Å². The number of carbonyl (C=O) groups is 1. The van der Waals surface area contributed by atoms with E-state index in [1.165, 1.54) is 25.7 Å². The van der Waals surface area contributed by atoms with Gasteiger partial charge in [-0.25, -0.2) is 0 Å². The fraction of sp³-hybridized carbons (Fsp3) is 0.321. The second-order valence-corrected chi connectivity index (χ2v) is 7.78. The van der Waals surface area contributed by atoms with Gasteiger partial charge in [0.15, 0.2) is 0 Å². The van der Waals surface area contributed by atoms with E-state index in [4.69, 9.17) is 14.2 Å². The molecule has 0 saturated heterocycles. The van der Waals surface area contributed by atoms with E-state index in [-0.39, 0.29) is 5.91 Å². The fourth-order valence-electron chi connectivity index (χ4n) is 3.27. The van der Waals surface area contributed by atoms with Crippen LogP contribution in [0.1, 0.15) is 49.4 Å². The molecule has 0 atom stereocenters. The Kier molecular flexibility index (Phi) is 10.1. The van der Waals surface area contributed by atoms with E-state index in [0.29, 0.717) is 31.1 Å². The number of ether oxygens (including phenoxy) is 3. The zero-order chi connectivity index (χ0) is 23.1. The molecule has 0 unspecified atom stereocenters. The Balaban J connectivity index is 1.37. The summed E-state index contributed by atoms with van der Waals surface area (Å²) in [5.74, 6) is 2.17. The van der Waals surface area contributed by atoms with Gasteiger partial charge in [-0.15, -0.1) is 0 Å². The topological polar surface area (TPSA) is 56.8 Å². The van der Waals surface area contributed by atoms with Gasteiger partial charge in [0, 0.05) is 11.3 Å². The van der Waals surface area contributed by atoms with E-state index < -0.39 is 0 Å². The highest BCUT2D eigenvalue weighted by atomic mass is 16.5. The smallest absolute Gasteiger partial charge is 0.255 e. The van der Waals surface area contributed by atoms with Gasteiger partial charge in [0.05, 0.1) is 6.61 Å². The average molecular weight is 448 g/mol. The van der Waals surface area contributed by atoms with Gasteiger partial charge in [-0.3, -0.25) is 4.79 Å². The van der Waals surface area contributed by atoms with Gasteiger partial charge in [-0.2, -0.15) is 0 Å². The van der Waals surface area contributed by atoms with Crippen molar-refractivity contribution in [2.45, 2.75) is 39.0 Å². The van der Waals surface area contributed by atoms with Crippen LogP contribution in [0.15, 0.2) is 78.9 Å². The van der Waals surface area contributed by atoms with Crippen LogP contribution in [-0.2, 0) is 0 Å². The first-order valence-corrected chi connectivity index (χ1v) is 11.7. The second kappa shape index (κ2) is 13.8. The lowest BCUT2D eigenvalue weighted by Gasteiger charge is -2.10. The quantitative estimate of drug-likeness (QED) is 0.278. The van der Waals surface area contributed by atoms with E-state index in [1.54, 1.807) is 12.1 Å². The van der Waals surface area contributed by atoms with Crippen LogP contribution in [0.25, 0.3) is 0 Å². The number of para-hydroxylation sites is 1. The molecule has 0 saturated carbocycles. The number of amides is 1. The molecular weight excluding hydrogens is 414 g/mol. The minimum absolute atomic E-state index is 0.161. The number of hydrogen-bond acceptors (Lipinski definition) is 4. The monoisotopic (exact) mass is 447 g/mol. The number of hydrogen-bond donors (Lipinski definition) is 1. The zero-order valence-electron chi connectivity index (χ0n) is 19.3. The highest BCUT2D eigenvalue weighted by Crippen LogP contribution is 2.18. The summed E-state index contributed by atoms with van der Waals surface area (Å²) in [6.07, 6.45) is 6.03. The molecule has 0 aromatic heterocycles. The molecule has 33 heavy (non-hydrogen) atoms. The summed E-state index contributed by atoms with van der Waals surface area (Å²) < 4.78 is 17.1. The van der Waals surface area contributed by atoms with Crippen molar-refractivity contribution in [3.8, 4) is 17.2 Å². The molecule has 5 nitrogen and oxygen atoms in total. The summed E-state index contributed by atoms with van der Waals surface area (Å²) in [5.41, 5.74) is 1.30. The molecule has 0 heterocycles. The summed E-state index contributed by atoms with van der Waals surface area (Å²) in [6, 6.07) is 24.2. The Morgan fingerprint density at radius 3 is 1.82 bits per heavy atom. The SMILES string of the molecule is CCCCCCCOc1ccc(C(=O)Nc2ccc(OCCOc3ccccc3)cc2)cc1. The van der Waals surface area contributed by atoms with Crippen LogP contribution in [0.5, 0.6) is 17.2 Å². The third-order valence-electron chi connectivity index (χ3n) is 5.11. The lowest BCUT2D eigenvalue weighted by atomic mass is 10.1. The van der Waals surface area contributed by atoms with Gasteiger partial charge in [0.25, 0.3) is 5.91 Å². The number of anilines is 1. The van der Waals surface area contributed by atoms with Crippen molar-refractivity contribution in [3.63, 3.8) is 0 Å². The first-order chi connectivity index (χ1) is 16.2. The molecule has 0 aliphatic heterocycles. The van der Waals surface area contributed by atoms with Crippen LogP contribution in [-0.4, -0.2) is 25.7 Å². The van der Waals surface area contributed by atoms with Crippen molar-refractivity contribution in [1.29, 1.82) is 0 Å². The summed E-state index contributed by atoms with van der Waals surface area (Å²) >= 11 is 0. The minimum atomic E-state index is -0.161. The normalized spacial score (nSPS) is 10.5. The maximum absolute atomic E-state index is 12.5. The van der Waals surface area contributed by atoms with Crippen molar-refractivity contribution in [2.75, 3.05) is 25.1 Å². The number of rotatable bonds is 14. The number of carbonyl (C=O) groups excluding carboxylic acids is 1. The molecule has 1 amide bonds. The highest BCUT2D eigenvalue weighted by molar-refractivity contribution is 6.04. The van der Waals surface area contributed by atoms with E-state index in [2.05, 4.69) is 12.2 Å². The second-order valence-electron chi connectivity index (χ2n) is 7.78. The third-order valence-corrected chi connectivity index (χ3v) is 5.11. The molecule has 0 aliphatic carbocycles. The molecule has 0 aliphatic rings. The highest BCUT2D eigenvalue weighted by Gasteiger charge is 2.07.